The van der Waals surface area contributed by atoms with E-state index in [4.69, 9.17) is 4.74 Å². The van der Waals surface area contributed by atoms with Crippen molar-refractivity contribution < 1.29 is 27.0 Å². The predicted octanol–water partition coefficient (Wildman–Crippen LogP) is 4.57. The maximum absolute atomic E-state index is 14.7. The molecule has 0 spiro atoms. The monoisotopic (exact) mass is 456 g/mol. The topological polar surface area (TPSA) is 33.7 Å². The average Bonchev–Trinajstić information content (AvgIpc) is 2.64. The number of nitrogens with one attached hydrogen (secondary N) is 1. The van der Waals surface area contributed by atoms with E-state index in [2.05, 4.69) is 15.0 Å². The van der Waals surface area contributed by atoms with Crippen LogP contribution in [0.15, 0.2) is 42.5 Å². The fourth-order valence-electron chi connectivity index (χ4n) is 3.31. The third-order valence-corrected chi connectivity index (χ3v) is 4.45. The molecule has 1 saturated heterocycles. The highest BCUT2D eigenvalue weighted by Gasteiger charge is 2.32. The Morgan fingerprint density at radius 1 is 1.00 bits per heavy atom. The van der Waals surface area contributed by atoms with Crippen LogP contribution in [0.25, 0.3) is 0 Å². The van der Waals surface area contributed by atoms with Crippen LogP contribution in [0, 0.1) is 5.82 Å². The second-order valence-electron chi connectivity index (χ2n) is 6.16. The fourth-order valence-corrected chi connectivity index (χ4v) is 3.31. The van der Waals surface area contributed by atoms with Gasteiger partial charge >= 0.3 is 6.36 Å². The Labute approximate surface area is 179 Å². The number of halogens is 6. The van der Waals surface area contributed by atoms with Gasteiger partial charge in [-0.05, 0) is 29.8 Å². The van der Waals surface area contributed by atoms with Gasteiger partial charge in [0.2, 0.25) is 0 Å². The molecule has 1 atom stereocenters. The molecular weight excluding hydrogens is 435 g/mol. The zero-order chi connectivity index (χ0) is 19.4. The SMILES string of the molecule is COc1cccc(F)c1[C@H](c1ccc(OC(F)(F)F)cc1)N1CCNCC1.Cl.Cl. The van der Waals surface area contributed by atoms with E-state index >= 15 is 0 Å². The molecule has 0 amide bonds. The first-order chi connectivity index (χ1) is 12.9. The lowest BCUT2D eigenvalue weighted by atomic mass is 9.95. The first kappa shape index (κ1) is 25.3. The summed E-state index contributed by atoms with van der Waals surface area (Å²) in [6, 6.07) is 9.65. The molecule has 29 heavy (non-hydrogen) atoms. The molecule has 0 aromatic heterocycles. The molecule has 2 aromatic carbocycles. The minimum atomic E-state index is -4.76. The van der Waals surface area contributed by atoms with Crippen LogP contribution in [0.5, 0.6) is 11.5 Å². The van der Waals surface area contributed by atoms with Gasteiger partial charge in [-0.25, -0.2) is 4.39 Å². The van der Waals surface area contributed by atoms with E-state index in [0.717, 1.165) is 13.1 Å². The van der Waals surface area contributed by atoms with Crippen LogP contribution in [-0.2, 0) is 0 Å². The van der Waals surface area contributed by atoms with Crippen molar-refractivity contribution in [2.45, 2.75) is 12.4 Å². The van der Waals surface area contributed by atoms with Gasteiger partial charge in [0.05, 0.1) is 18.7 Å². The maximum atomic E-state index is 14.7. The molecule has 10 heteroatoms. The summed E-state index contributed by atoms with van der Waals surface area (Å²) in [7, 11) is 1.47. The molecule has 0 radical (unpaired) electrons. The summed E-state index contributed by atoms with van der Waals surface area (Å²) in [5, 5.41) is 3.24. The molecule has 1 heterocycles. The molecule has 2 aromatic rings. The number of hydrogen-bond donors (Lipinski definition) is 1. The van der Waals surface area contributed by atoms with Crippen molar-refractivity contribution in [2.24, 2.45) is 0 Å². The lowest BCUT2D eigenvalue weighted by Gasteiger charge is -2.36. The van der Waals surface area contributed by atoms with Crippen LogP contribution in [0.4, 0.5) is 17.6 Å². The van der Waals surface area contributed by atoms with Crippen molar-refractivity contribution >= 4 is 24.8 Å². The number of rotatable bonds is 5. The minimum absolute atomic E-state index is 0. The second-order valence-corrected chi connectivity index (χ2v) is 6.16. The van der Waals surface area contributed by atoms with Gasteiger partial charge in [0, 0.05) is 26.2 Å². The van der Waals surface area contributed by atoms with E-state index in [0.29, 0.717) is 30.0 Å². The Balaban J connectivity index is 0.00000210. The van der Waals surface area contributed by atoms with Crippen LogP contribution in [0.3, 0.4) is 0 Å². The van der Waals surface area contributed by atoms with Crippen molar-refractivity contribution in [1.29, 1.82) is 0 Å². The van der Waals surface area contributed by atoms with Crippen molar-refractivity contribution in [3.8, 4) is 11.5 Å². The van der Waals surface area contributed by atoms with Crippen LogP contribution >= 0.6 is 24.8 Å². The standard InChI is InChI=1S/C19H20F4N2O2.2ClH/c1-26-16-4-2-3-15(20)17(16)18(25-11-9-24-10-12-25)13-5-7-14(8-6-13)27-19(21,22)23;;/h2-8,18,24H,9-12H2,1H3;2*1H/t18-;;/m0../s1. The Kier molecular flexibility index (Phi) is 9.48. The number of alkyl halides is 3. The Morgan fingerprint density at radius 3 is 2.17 bits per heavy atom. The molecule has 4 nitrogen and oxygen atoms in total. The fraction of sp³-hybridized carbons (Fsp3) is 0.368. The molecule has 0 aliphatic carbocycles. The number of nitrogens with zero attached hydrogens (tertiary/aromatic N) is 1. The van der Waals surface area contributed by atoms with Crippen molar-refractivity contribution in [3.63, 3.8) is 0 Å². The summed E-state index contributed by atoms with van der Waals surface area (Å²) in [4.78, 5) is 2.08. The van der Waals surface area contributed by atoms with E-state index in [1.807, 2.05) is 0 Å². The van der Waals surface area contributed by atoms with Crippen LogP contribution < -0.4 is 14.8 Å². The highest BCUT2D eigenvalue weighted by atomic mass is 35.5. The zero-order valence-electron chi connectivity index (χ0n) is 15.5. The molecule has 1 N–H and O–H groups in total. The first-order valence-electron chi connectivity index (χ1n) is 8.52. The summed E-state index contributed by atoms with van der Waals surface area (Å²) < 4.78 is 61.2. The minimum Gasteiger partial charge on any atom is -0.496 e. The van der Waals surface area contributed by atoms with E-state index < -0.39 is 18.2 Å². The summed E-state index contributed by atoms with van der Waals surface area (Å²) in [6.07, 6.45) is -4.76. The summed E-state index contributed by atoms with van der Waals surface area (Å²) >= 11 is 0. The lowest BCUT2D eigenvalue weighted by molar-refractivity contribution is -0.274. The molecular formula is C19H22Cl2F4N2O2. The summed E-state index contributed by atoms with van der Waals surface area (Å²) in [6.45, 7) is 2.82. The van der Waals surface area contributed by atoms with Crippen molar-refractivity contribution in [1.82, 2.24) is 10.2 Å². The summed E-state index contributed by atoms with van der Waals surface area (Å²) in [5.74, 6) is -0.339. The number of hydrogen-bond acceptors (Lipinski definition) is 4. The first-order valence-corrected chi connectivity index (χ1v) is 8.52. The van der Waals surface area contributed by atoms with Crippen LogP contribution in [0.2, 0.25) is 0 Å². The molecule has 3 rings (SSSR count). The average molecular weight is 457 g/mol. The number of benzene rings is 2. The second kappa shape index (κ2) is 10.9. The van der Waals surface area contributed by atoms with Gasteiger partial charge in [0.25, 0.3) is 0 Å². The molecule has 1 fully saturated rings. The summed E-state index contributed by atoms with van der Waals surface area (Å²) in [5.41, 5.74) is 1.03. The van der Waals surface area contributed by atoms with E-state index in [1.54, 1.807) is 12.1 Å². The number of piperazine rings is 1. The predicted molar refractivity (Wildman–Crippen MR) is 107 cm³/mol. The third kappa shape index (κ3) is 6.37. The molecule has 1 aliphatic rings. The quantitative estimate of drug-likeness (QED) is 0.668. The third-order valence-electron chi connectivity index (χ3n) is 4.45. The highest BCUT2D eigenvalue weighted by molar-refractivity contribution is 5.85. The molecule has 162 valence electrons. The van der Waals surface area contributed by atoms with Gasteiger partial charge in [-0.3, -0.25) is 4.90 Å². The van der Waals surface area contributed by atoms with Crippen molar-refractivity contribution in [3.05, 3.63) is 59.4 Å². The largest absolute Gasteiger partial charge is 0.573 e. The smallest absolute Gasteiger partial charge is 0.496 e. The van der Waals surface area contributed by atoms with Gasteiger partial charge in [-0.1, -0.05) is 18.2 Å². The van der Waals surface area contributed by atoms with Crippen molar-refractivity contribution in [2.75, 3.05) is 33.3 Å². The Bertz CT molecular complexity index is 770. The lowest BCUT2D eigenvalue weighted by Crippen LogP contribution is -2.45. The Morgan fingerprint density at radius 2 is 1.62 bits per heavy atom. The molecule has 0 unspecified atom stereocenters. The van der Waals surface area contributed by atoms with Gasteiger partial charge in [-0.15, -0.1) is 38.0 Å². The number of ether oxygens (including phenoxy) is 2. The normalized spacial score (nSPS) is 15.6. The maximum Gasteiger partial charge on any atom is 0.573 e. The molecule has 0 saturated carbocycles. The molecule has 1 aliphatic heterocycles. The van der Waals surface area contributed by atoms with Gasteiger partial charge in [0.15, 0.2) is 0 Å². The molecule has 0 bridgehead atoms. The van der Waals surface area contributed by atoms with E-state index in [9.17, 15) is 17.6 Å². The van der Waals surface area contributed by atoms with Gasteiger partial charge < -0.3 is 14.8 Å². The van der Waals surface area contributed by atoms with Gasteiger partial charge in [0.1, 0.15) is 17.3 Å². The van der Waals surface area contributed by atoms with Crippen LogP contribution in [-0.4, -0.2) is 44.6 Å². The van der Waals surface area contributed by atoms with E-state index in [1.165, 1.54) is 37.4 Å². The van der Waals surface area contributed by atoms with Gasteiger partial charge in [-0.2, -0.15) is 0 Å². The number of methoxy groups -OCH3 is 1. The Hall–Kier alpha value is -1.74. The van der Waals surface area contributed by atoms with E-state index in [-0.39, 0.29) is 30.6 Å². The zero-order valence-corrected chi connectivity index (χ0v) is 17.2. The van der Waals surface area contributed by atoms with Crippen LogP contribution in [0.1, 0.15) is 17.2 Å². The highest BCUT2D eigenvalue weighted by Crippen LogP contribution is 2.37.